The molecule has 1 aromatic heterocycles. The molecule has 0 amide bonds. The molecular weight excluding hydrogens is 386 g/mol. The van der Waals surface area contributed by atoms with Crippen LogP contribution in [0, 0.1) is 0 Å². The lowest BCUT2D eigenvalue weighted by atomic mass is 9.95. The van der Waals surface area contributed by atoms with E-state index < -0.39 is 0 Å². The van der Waals surface area contributed by atoms with E-state index in [0.29, 0.717) is 10.5 Å². The van der Waals surface area contributed by atoms with Crippen molar-refractivity contribution in [2.45, 2.75) is 31.5 Å². The Labute approximate surface area is 154 Å². The molecule has 2 aromatic rings. The van der Waals surface area contributed by atoms with Crippen molar-refractivity contribution in [1.82, 2.24) is 9.88 Å². The lowest BCUT2D eigenvalue weighted by Crippen LogP contribution is -2.35. The van der Waals surface area contributed by atoms with Gasteiger partial charge in [-0.15, -0.1) is 0 Å². The first-order valence-electron chi connectivity index (χ1n) is 8.07. The molecule has 2 aliphatic rings. The molecule has 0 radical (unpaired) electrons. The first-order chi connectivity index (χ1) is 11.7. The Bertz CT molecular complexity index is 783. The average molecular weight is 404 g/mol. The first kappa shape index (κ1) is 16.0. The van der Waals surface area contributed by atoms with Gasteiger partial charge in [0.1, 0.15) is 11.8 Å². The van der Waals surface area contributed by atoms with E-state index in [1.807, 2.05) is 48.3 Å². The molecule has 1 fully saturated rings. The standard InChI is InChI=1S/C18H18BrN3OS/c1-2-12-10-24-18-21-16(14-5-3-4-8-20-14)17(22(12)18)11-6-7-15(23)13(19)9-11/h3-9,12,16-17,23H,2,10H2,1H3/t12-,16+,17+/m0/s1. The summed E-state index contributed by atoms with van der Waals surface area (Å²) in [6.07, 6.45) is 2.92. The van der Waals surface area contributed by atoms with Gasteiger partial charge in [-0.05, 0) is 52.2 Å². The van der Waals surface area contributed by atoms with Crippen LogP contribution in [0.2, 0.25) is 0 Å². The molecule has 0 saturated carbocycles. The van der Waals surface area contributed by atoms with Crippen molar-refractivity contribution in [2.24, 2.45) is 4.99 Å². The molecule has 1 N–H and O–H groups in total. The number of thioether (sulfide) groups is 1. The monoisotopic (exact) mass is 403 g/mol. The number of aliphatic imine (C=N–C) groups is 1. The zero-order chi connectivity index (χ0) is 16.7. The number of pyridine rings is 1. The lowest BCUT2D eigenvalue weighted by molar-refractivity contribution is 0.255. The Morgan fingerprint density at radius 2 is 2.21 bits per heavy atom. The highest BCUT2D eigenvalue weighted by Gasteiger charge is 2.45. The number of aromatic hydroxyl groups is 1. The van der Waals surface area contributed by atoms with E-state index in [1.54, 1.807) is 6.07 Å². The minimum absolute atomic E-state index is 0.0144. The Morgan fingerprint density at radius 1 is 1.33 bits per heavy atom. The summed E-state index contributed by atoms with van der Waals surface area (Å²) in [6, 6.07) is 12.3. The molecule has 1 saturated heterocycles. The fourth-order valence-electron chi connectivity index (χ4n) is 3.42. The first-order valence-corrected chi connectivity index (χ1v) is 9.85. The number of rotatable bonds is 3. The highest BCUT2D eigenvalue weighted by molar-refractivity contribution is 9.10. The largest absolute Gasteiger partial charge is 0.507 e. The molecule has 24 heavy (non-hydrogen) atoms. The SMILES string of the molecule is CC[C@H]1CSC2=N[C@H](c3ccccn3)[C@@H](c3ccc(O)c(Br)c3)N21. The maximum atomic E-state index is 9.85. The number of phenols is 1. The Morgan fingerprint density at radius 3 is 2.92 bits per heavy atom. The van der Waals surface area contributed by atoms with Crippen LogP contribution >= 0.6 is 27.7 Å². The molecule has 3 atom stereocenters. The zero-order valence-corrected chi connectivity index (χ0v) is 15.7. The summed E-state index contributed by atoms with van der Waals surface area (Å²) in [5.41, 5.74) is 2.14. The van der Waals surface area contributed by atoms with E-state index in [4.69, 9.17) is 4.99 Å². The van der Waals surface area contributed by atoms with E-state index in [2.05, 4.69) is 32.7 Å². The van der Waals surface area contributed by atoms with Crippen molar-refractivity contribution in [3.63, 3.8) is 0 Å². The van der Waals surface area contributed by atoms with Crippen molar-refractivity contribution < 1.29 is 5.11 Å². The summed E-state index contributed by atoms with van der Waals surface area (Å²) in [6.45, 7) is 2.23. The number of phenolic OH excluding ortho intramolecular Hbond substituents is 1. The van der Waals surface area contributed by atoms with Crippen LogP contribution < -0.4 is 0 Å². The van der Waals surface area contributed by atoms with Crippen LogP contribution in [0.5, 0.6) is 5.75 Å². The predicted octanol–water partition coefficient (Wildman–Crippen LogP) is 4.53. The van der Waals surface area contributed by atoms with E-state index in [-0.39, 0.29) is 17.8 Å². The molecule has 0 bridgehead atoms. The van der Waals surface area contributed by atoms with Crippen molar-refractivity contribution in [2.75, 3.05) is 5.75 Å². The number of hydrogen-bond acceptors (Lipinski definition) is 5. The van der Waals surface area contributed by atoms with Crippen LogP contribution in [0.1, 0.15) is 36.7 Å². The topological polar surface area (TPSA) is 48.7 Å². The van der Waals surface area contributed by atoms with Gasteiger partial charge in [-0.1, -0.05) is 30.8 Å². The third-order valence-electron chi connectivity index (χ3n) is 4.64. The summed E-state index contributed by atoms with van der Waals surface area (Å²) >= 11 is 5.28. The van der Waals surface area contributed by atoms with E-state index in [9.17, 15) is 5.11 Å². The molecule has 0 unspecified atom stereocenters. The van der Waals surface area contributed by atoms with Crippen LogP contribution in [0.15, 0.2) is 52.1 Å². The second kappa shape index (κ2) is 6.41. The third-order valence-corrected chi connectivity index (χ3v) is 6.40. The molecule has 4 nitrogen and oxygen atoms in total. The van der Waals surface area contributed by atoms with Crippen LogP contribution in [-0.4, -0.2) is 32.0 Å². The van der Waals surface area contributed by atoms with Gasteiger partial charge in [-0.25, -0.2) is 0 Å². The molecule has 0 aliphatic carbocycles. The minimum atomic E-state index is -0.0144. The number of fused-ring (bicyclic) bond motifs is 1. The van der Waals surface area contributed by atoms with Crippen molar-refractivity contribution in [3.8, 4) is 5.75 Å². The molecule has 6 heteroatoms. The number of benzene rings is 1. The molecular formula is C18H18BrN3OS. The summed E-state index contributed by atoms with van der Waals surface area (Å²) < 4.78 is 0.716. The maximum Gasteiger partial charge on any atom is 0.160 e. The summed E-state index contributed by atoms with van der Waals surface area (Å²) in [5.74, 6) is 1.34. The van der Waals surface area contributed by atoms with Gasteiger partial charge in [0, 0.05) is 18.0 Å². The van der Waals surface area contributed by atoms with Gasteiger partial charge in [-0.2, -0.15) is 0 Å². The third kappa shape index (κ3) is 2.62. The smallest absolute Gasteiger partial charge is 0.160 e. The van der Waals surface area contributed by atoms with E-state index in [0.717, 1.165) is 28.6 Å². The molecule has 1 aromatic carbocycles. The van der Waals surface area contributed by atoms with Gasteiger partial charge >= 0.3 is 0 Å². The number of amidine groups is 1. The quantitative estimate of drug-likeness (QED) is 0.817. The molecule has 0 spiro atoms. The fraction of sp³-hybridized carbons (Fsp3) is 0.333. The van der Waals surface area contributed by atoms with Crippen LogP contribution in [-0.2, 0) is 0 Å². The van der Waals surface area contributed by atoms with Crippen LogP contribution in [0.25, 0.3) is 0 Å². The van der Waals surface area contributed by atoms with Gasteiger partial charge < -0.3 is 10.0 Å². The van der Waals surface area contributed by atoms with Crippen molar-refractivity contribution >= 4 is 32.9 Å². The fourth-order valence-corrected chi connectivity index (χ4v) is 5.15. The van der Waals surface area contributed by atoms with E-state index >= 15 is 0 Å². The number of hydrogen-bond donors (Lipinski definition) is 1. The minimum Gasteiger partial charge on any atom is -0.507 e. The van der Waals surface area contributed by atoms with Crippen molar-refractivity contribution in [1.29, 1.82) is 0 Å². The highest BCUT2D eigenvalue weighted by atomic mass is 79.9. The van der Waals surface area contributed by atoms with Gasteiger partial charge in [-0.3, -0.25) is 9.98 Å². The summed E-state index contributed by atoms with van der Waals surface area (Å²) in [5, 5.41) is 11.0. The molecule has 124 valence electrons. The maximum absolute atomic E-state index is 9.85. The molecule has 4 rings (SSSR count). The zero-order valence-electron chi connectivity index (χ0n) is 13.3. The lowest BCUT2D eigenvalue weighted by Gasteiger charge is -2.32. The normalized spacial score (nSPS) is 25.7. The Hall–Kier alpha value is -1.53. The number of halogens is 1. The average Bonchev–Trinajstić information content (AvgIpc) is 3.17. The second-order valence-electron chi connectivity index (χ2n) is 6.05. The Balaban J connectivity index is 1.80. The van der Waals surface area contributed by atoms with Crippen molar-refractivity contribution in [3.05, 3.63) is 58.3 Å². The summed E-state index contributed by atoms with van der Waals surface area (Å²) in [7, 11) is 0. The van der Waals surface area contributed by atoms with Gasteiger partial charge in [0.15, 0.2) is 5.17 Å². The number of aromatic nitrogens is 1. The molecule has 3 heterocycles. The highest BCUT2D eigenvalue weighted by Crippen LogP contribution is 2.49. The van der Waals surface area contributed by atoms with Gasteiger partial charge in [0.2, 0.25) is 0 Å². The van der Waals surface area contributed by atoms with Gasteiger partial charge in [0.05, 0.1) is 16.2 Å². The number of nitrogens with zero attached hydrogens (tertiary/aromatic N) is 3. The Kier molecular flexibility index (Phi) is 4.26. The van der Waals surface area contributed by atoms with Crippen LogP contribution in [0.4, 0.5) is 0 Å². The molecule has 2 aliphatic heterocycles. The van der Waals surface area contributed by atoms with E-state index in [1.165, 1.54) is 0 Å². The predicted molar refractivity (Wildman–Crippen MR) is 101 cm³/mol. The summed E-state index contributed by atoms with van der Waals surface area (Å²) in [4.78, 5) is 12.0. The van der Waals surface area contributed by atoms with Crippen LogP contribution in [0.3, 0.4) is 0 Å². The second-order valence-corrected chi connectivity index (χ2v) is 7.89. The van der Waals surface area contributed by atoms with Gasteiger partial charge in [0.25, 0.3) is 0 Å².